The molecule has 2 rings (SSSR count). The van der Waals surface area contributed by atoms with Crippen molar-refractivity contribution in [2.75, 3.05) is 7.11 Å². The van der Waals surface area contributed by atoms with E-state index >= 15 is 0 Å². The van der Waals surface area contributed by atoms with Gasteiger partial charge in [0.05, 0.1) is 16.4 Å². The van der Waals surface area contributed by atoms with Crippen molar-refractivity contribution in [2.45, 2.75) is 27.2 Å². The van der Waals surface area contributed by atoms with E-state index in [1.54, 1.807) is 19.2 Å². The Balaban J connectivity index is 2.44. The van der Waals surface area contributed by atoms with Gasteiger partial charge in [0.1, 0.15) is 5.75 Å². The molecule has 0 aliphatic rings. The molecule has 1 heterocycles. The Hall–Kier alpha value is -1.37. The highest BCUT2D eigenvalue weighted by Crippen LogP contribution is 2.23. The molecule has 0 fully saturated rings. The summed E-state index contributed by atoms with van der Waals surface area (Å²) in [5, 5.41) is 4.36. The summed E-state index contributed by atoms with van der Waals surface area (Å²) in [6.45, 7) is 5.95. The molecule has 0 unspecified atom stereocenters. The fourth-order valence-electron chi connectivity index (χ4n) is 2.31. The molecule has 0 saturated heterocycles. The molecule has 106 valence electrons. The summed E-state index contributed by atoms with van der Waals surface area (Å²) in [7, 11) is 1.62. The molecule has 0 amide bonds. The second kappa shape index (κ2) is 5.95. The summed E-state index contributed by atoms with van der Waals surface area (Å²) in [5.41, 5.74) is 3.59. The van der Waals surface area contributed by atoms with Crippen molar-refractivity contribution in [3.63, 3.8) is 0 Å². The molecule has 0 bridgehead atoms. The lowest BCUT2D eigenvalue weighted by Gasteiger charge is -2.07. The second-order valence-electron chi connectivity index (χ2n) is 4.57. The van der Waals surface area contributed by atoms with Crippen LogP contribution in [-0.4, -0.2) is 22.8 Å². The van der Waals surface area contributed by atoms with E-state index in [1.165, 1.54) is 4.68 Å². The zero-order valence-electron chi connectivity index (χ0n) is 12.0. The quantitative estimate of drug-likeness (QED) is 0.763. The van der Waals surface area contributed by atoms with Crippen LogP contribution in [0.15, 0.2) is 18.2 Å². The van der Waals surface area contributed by atoms with Gasteiger partial charge in [0.15, 0.2) is 0 Å². The van der Waals surface area contributed by atoms with Gasteiger partial charge < -0.3 is 4.74 Å². The molecule has 4 nitrogen and oxygen atoms in total. The molecule has 2 aromatic rings. The first-order chi connectivity index (χ1) is 9.49. The van der Waals surface area contributed by atoms with Crippen molar-refractivity contribution in [3.8, 4) is 5.75 Å². The molecule has 0 spiro atoms. The van der Waals surface area contributed by atoms with Crippen LogP contribution in [0.4, 0.5) is 0 Å². The number of aryl methyl sites for hydroxylation is 1. The maximum atomic E-state index is 12.6. The van der Waals surface area contributed by atoms with Crippen molar-refractivity contribution in [1.29, 1.82) is 0 Å². The molecule has 0 radical (unpaired) electrons. The van der Waals surface area contributed by atoms with Crippen LogP contribution in [0.1, 0.15) is 34.2 Å². The van der Waals surface area contributed by atoms with E-state index in [2.05, 4.69) is 34.6 Å². The van der Waals surface area contributed by atoms with Crippen LogP contribution in [0.2, 0.25) is 0 Å². The Morgan fingerprint density at radius 2 is 2.10 bits per heavy atom. The van der Waals surface area contributed by atoms with Crippen molar-refractivity contribution < 1.29 is 9.53 Å². The maximum absolute atomic E-state index is 12.6. The zero-order chi connectivity index (χ0) is 14.9. The number of nitrogens with zero attached hydrogens (tertiary/aromatic N) is 2. The van der Waals surface area contributed by atoms with Crippen molar-refractivity contribution >= 4 is 28.5 Å². The van der Waals surface area contributed by atoms with E-state index in [0.717, 1.165) is 32.7 Å². The summed E-state index contributed by atoms with van der Waals surface area (Å²) in [4.78, 5) is 12.6. The van der Waals surface area contributed by atoms with Gasteiger partial charge in [0.25, 0.3) is 5.91 Å². The topological polar surface area (TPSA) is 44.1 Å². The average molecular weight is 384 g/mol. The van der Waals surface area contributed by atoms with Gasteiger partial charge >= 0.3 is 0 Å². The number of aromatic nitrogens is 2. The number of ether oxygens (including phenoxy) is 1. The van der Waals surface area contributed by atoms with Gasteiger partial charge in [-0.2, -0.15) is 5.10 Å². The third-order valence-corrected chi connectivity index (χ3v) is 4.23. The second-order valence-corrected chi connectivity index (χ2v) is 5.73. The van der Waals surface area contributed by atoms with Crippen LogP contribution in [0, 0.1) is 17.4 Å². The van der Waals surface area contributed by atoms with Gasteiger partial charge in [0, 0.05) is 11.3 Å². The van der Waals surface area contributed by atoms with Crippen LogP contribution in [0.25, 0.3) is 0 Å². The van der Waals surface area contributed by atoms with Gasteiger partial charge in [-0.25, -0.2) is 4.68 Å². The molecule has 0 atom stereocenters. The lowest BCUT2D eigenvalue weighted by atomic mass is 10.1. The summed E-state index contributed by atoms with van der Waals surface area (Å²) in [6, 6.07) is 5.40. The van der Waals surface area contributed by atoms with E-state index < -0.39 is 0 Å². The van der Waals surface area contributed by atoms with Crippen LogP contribution in [0.5, 0.6) is 5.75 Å². The van der Waals surface area contributed by atoms with Crippen LogP contribution in [-0.2, 0) is 6.42 Å². The largest absolute Gasteiger partial charge is 0.496 e. The molecular formula is C15H17IN2O2. The number of hydrogen-bond donors (Lipinski definition) is 0. The predicted molar refractivity (Wildman–Crippen MR) is 86.5 cm³/mol. The predicted octanol–water partition coefficient (Wildman–Crippen LogP) is 3.36. The summed E-state index contributed by atoms with van der Waals surface area (Å²) < 4.78 is 7.61. The minimum absolute atomic E-state index is 0.106. The maximum Gasteiger partial charge on any atom is 0.278 e. The summed E-state index contributed by atoms with van der Waals surface area (Å²) in [5.74, 6) is 0.663. The van der Waals surface area contributed by atoms with Crippen molar-refractivity contribution in [1.82, 2.24) is 9.78 Å². The van der Waals surface area contributed by atoms with Gasteiger partial charge in [0.2, 0.25) is 0 Å². The molecule has 1 aromatic carbocycles. The Bertz CT molecular complexity index is 662. The van der Waals surface area contributed by atoms with E-state index in [1.807, 2.05) is 19.9 Å². The van der Waals surface area contributed by atoms with Crippen LogP contribution in [0.3, 0.4) is 0 Å². The third kappa shape index (κ3) is 2.59. The Morgan fingerprint density at radius 3 is 2.60 bits per heavy atom. The molecular weight excluding hydrogens is 367 g/mol. The fourth-order valence-corrected chi connectivity index (χ4v) is 3.04. The van der Waals surface area contributed by atoms with Gasteiger partial charge in [-0.15, -0.1) is 0 Å². The number of hydrogen-bond acceptors (Lipinski definition) is 3. The van der Waals surface area contributed by atoms with E-state index in [4.69, 9.17) is 4.74 Å². The monoisotopic (exact) mass is 384 g/mol. The first kappa shape index (κ1) is 15.0. The third-order valence-electron chi connectivity index (χ3n) is 3.39. The van der Waals surface area contributed by atoms with Crippen molar-refractivity contribution in [2.24, 2.45) is 0 Å². The highest BCUT2D eigenvalue weighted by atomic mass is 127. The Kier molecular flexibility index (Phi) is 4.47. The fraction of sp³-hybridized carbons (Fsp3) is 0.333. The van der Waals surface area contributed by atoms with E-state index in [9.17, 15) is 4.79 Å². The minimum Gasteiger partial charge on any atom is -0.496 e. The number of methoxy groups -OCH3 is 1. The van der Waals surface area contributed by atoms with Crippen LogP contribution < -0.4 is 4.74 Å². The average Bonchev–Trinajstić information content (AvgIpc) is 2.72. The van der Waals surface area contributed by atoms with Crippen molar-refractivity contribution in [3.05, 3.63) is 44.3 Å². The summed E-state index contributed by atoms with van der Waals surface area (Å²) in [6.07, 6.45) is 0.880. The molecule has 5 heteroatoms. The molecule has 0 aliphatic carbocycles. The number of halogens is 1. The van der Waals surface area contributed by atoms with E-state index in [-0.39, 0.29) is 5.91 Å². The Morgan fingerprint density at radius 1 is 1.40 bits per heavy atom. The molecule has 0 aliphatic heterocycles. The van der Waals surface area contributed by atoms with Gasteiger partial charge in [-0.3, -0.25) is 4.79 Å². The number of carbonyl (C=O) groups excluding carboxylic acids is 1. The normalized spacial score (nSPS) is 10.7. The standard InChI is InChI=1S/C15H17IN2O2/c1-5-12-9(2)17-18(10(12)3)15(19)11-6-7-14(20-4)13(16)8-11/h6-8H,5H2,1-4H3. The molecule has 0 saturated carbocycles. The Labute approximate surface area is 132 Å². The number of rotatable bonds is 3. The number of benzene rings is 1. The molecule has 1 aromatic heterocycles. The zero-order valence-corrected chi connectivity index (χ0v) is 14.2. The lowest BCUT2D eigenvalue weighted by Crippen LogP contribution is -2.15. The molecule has 0 N–H and O–H groups in total. The SMILES string of the molecule is CCc1c(C)nn(C(=O)c2ccc(OC)c(I)c2)c1C. The van der Waals surface area contributed by atoms with E-state index in [0.29, 0.717) is 5.56 Å². The van der Waals surface area contributed by atoms with Gasteiger partial charge in [-0.05, 0) is 66.6 Å². The van der Waals surface area contributed by atoms with Gasteiger partial charge in [-0.1, -0.05) is 6.92 Å². The minimum atomic E-state index is -0.106. The number of carbonyl (C=O) groups is 1. The van der Waals surface area contributed by atoms with Crippen LogP contribution >= 0.6 is 22.6 Å². The first-order valence-corrected chi connectivity index (χ1v) is 7.50. The first-order valence-electron chi connectivity index (χ1n) is 6.42. The highest BCUT2D eigenvalue weighted by molar-refractivity contribution is 14.1. The highest BCUT2D eigenvalue weighted by Gasteiger charge is 2.17. The molecule has 20 heavy (non-hydrogen) atoms. The smallest absolute Gasteiger partial charge is 0.278 e. The lowest BCUT2D eigenvalue weighted by molar-refractivity contribution is 0.0942. The summed E-state index contributed by atoms with van der Waals surface area (Å²) >= 11 is 2.16.